The Kier molecular flexibility index (Phi) is 28.5. The number of hydrogen-bond donors (Lipinski definition) is 0. The van der Waals surface area contributed by atoms with E-state index in [0.717, 1.165) is 37.6 Å². The monoisotopic (exact) mass is 648 g/mol. The van der Waals surface area contributed by atoms with E-state index in [-0.39, 0.29) is 11.9 Å². The number of alkyl halides is 1. The maximum Gasteiger partial charge on any atom is 0.168 e. The molecule has 2 atom stereocenters. The lowest BCUT2D eigenvalue weighted by molar-refractivity contribution is -0.177. The average Bonchev–Trinajstić information content (AvgIpc) is 3.42. The Labute approximate surface area is 271 Å². The molecule has 0 radical (unpaired) electrons. The molecule has 1 fully saturated rings. The Bertz CT molecular complexity index is 682. The van der Waals surface area contributed by atoms with E-state index >= 15 is 0 Å². The van der Waals surface area contributed by atoms with Crippen molar-refractivity contribution in [2.75, 3.05) is 11.9 Å². The summed E-state index contributed by atoms with van der Waals surface area (Å²) in [6, 6.07) is 0. The molecule has 0 aromatic rings. The van der Waals surface area contributed by atoms with Crippen LogP contribution in [0.5, 0.6) is 0 Å². The van der Waals surface area contributed by atoms with Crippen LogP contribution in [0, 0.1) is 0 Å². The number of rotatable bonds is 30. The molecular formula is C39H69BrO2. The minimum atomic E-state index is -0.319. The fraction of sp³-hybridized carbons (Fsp3) is 0.795. The molecule has 1 rings (SSSR count). The minimum Gasteiger partial charge on any atom is -0.347 e. The van der Waals surface area contributed by atoms with Gasteiger partial charge in [-0.05, 0) is 77.0 Å². The van der Waals surface area contributed by atoms with E-state index in [4.69, 9.17) is 9.47 Å². The van der Waals surface area contributed by atoms with Crippen LogP contribution in [0.15, 0.2) is 48.6 Å². The Morgan fingerprint density at radius 3 is 1.29 bits per heavy atom. The predicted molar refractivity (Wildman–Crippen MR) is 191 cm³/mol. The summed E-state index contributed by atoms with van der Waals surface area (Å²) in [5.74, 6) is -0.319. The number of halogens is 1. The van der Waals surface area contributed by atoms with Gasteiger partial charge in [-0.1, -0.05) is 149 Å². The van der Waals surface area contributed by atoms with Gasteiger partial charge in [0.1, 0.15) is 0 Å². The molecule has 42 heavy (non-hydrogen) atoms. The lowest BCUT2D eigenvalue weighted by atomic mass is 9.99. The van der Waals surface area contributed by atoms with Crippen LogP contribution in [0.4, 0.5) is 0 Å². The van der Waals surface area contributed by atoms with Gasteiger partial charge in [-0.3, -0.25) is 0 Å². The molecule has 3 heteroatoms. The summed E-state index contributed by atoms with van der Waals surface area (Å²) in [6.07, 6.45) is 50.6. The van der Waals surface area contributed by atoms with Gasteiger partial charge in [0.05, 0.1) is 12.7 Å². The van der Waals surface area contributed by atoms with Crippen molar-refractivity contribution in [3.8, 4) is 0 Å². The Morgan fingerprint density at radius 1 is 0.524 bits per heavy atom. The highest BCUT2D eigenvalue weighted by atomic mass is 79.9. The maximum atomic E-state index is 6.45. The van der Waals surface area contributed by atoms with Crippen molar-refractivity contribution >= 4 is 15.9 Å². The summed E-state index contributed by atoms with van der Waals surface area (Å²) in [6.45, 7) is 5.28. The van der Waals surface area contributed by atoms with Crippen molar-refractivity contribution in [2.24, 2.45) is 0 Å². The molecule has 0 bridgehead atoms. The third kappa shape index (κ3) is 23.8. The molecule has 0 aromatic carbocycles. The number of allylic oxidation sites excluding steroid dienone is 8. The molecule has 1 saturated heterocycles. The van der Waals surface area contributed by atoms with E-state index in [1.54, 1.807) is 0 Å². The lowest BCUT2D eigenvalue weighted by Gasteiger charge is -2.28. The summed E-state index contributed by atoms with van der Waals surface area (Å²) in [7, 11) is 0. The van der Waals surface area contributed by atoms with Crippen molar-refractivity contribution in [3.63, 3.8) is 0 Å². The fourth-order valence-corrected chi connectivity index (χ4v) is 5.99. The van der Waals surface area contributed by atoms with Gasteiger partial charge in [0, 0.05) is 18.2 Å². The molecule has 244 valence electrons. The molecule has 0 amide bonds. The van der Waals surface area contributed by atoms with Gasteiger partial charge >= 0.3 is 0 Å². The van der Waals surface area contributed by atoms with Crippen LogP contribution < -0.4 is 0 Å². The Hall–Kier alpha value is -0.640. The first kappa shape index (κ1) is 39.4. The van der Waals surface area contributed by atoms with Gasteiger partial charge in [0.25, 0.3) is 0 Å². The quantitative estimate of drug-likeness (QED) is 0.0438. The predicted octanol–water partition coefficient (Wildman–Crippen LogP) is 13.5. The van der Waals surface area contributed by atoms with E-state index in [9.17, 15) is 0 Å². The smallest absolute Gasteiger partial charge is 0.168 e. The van der Waals surface area contributed by atoms with E-state index < -0.39 is 0 Å². The molecule has 1 heterocycles. The number of ether oxygens (including phenoxy) is 2. The SMILES string of the molecule is CCCCCC=CCC=CCCCCCCCCC1(CCCCCCCC=CCC=CCCCCC)OCC(CBr)O1. The van der Waals surface area contributed by atoms with E-state index in [1.807, 2.05) is 0 Å². The van der Waals surface area contributed by atoms with Gasteiger partial charge in [0.15, 0.2) is 5.79 Å². The first-order valence-electron chi connectivity index (χ1n) is 18.2. The molecule has 0 spiro atoms. The fourth-order valence-electron chi connectivity index (χ4n) is 5.67. The molecule has 0 saturated carbocycles. The molecule has 1 aliphatic heterocycles. The van der Waals surface area contributed by atoms with E-state index in [0.29, 0.717) is 0 Å². The molecular weight excluding hydrogens is 580 g/mol. The molecule has 0 N–H and O–H groups in total. The summed E-state index contributed by atoms with van der Waals surface area (Å²) >= 11 is 3.61. The average molecular weight is 650 g/mol. The zero-order valence-electron chi connectivity index (χ0n) is 28.0. The van der Waals surface area contributed by atoms with Gasteiger partial charge in [-0.15, -0.1) is 0 Å². The summed E-state index contributed by atoms with van der Waals surface area (Å²) in [4.78, 5) is 0. The third-order valence-corrected chi connectivity index (χ3v) is 9.07. The first-order valence-corrected chi connectivity index (χ1v) is 19.4. The van der Waals surface area contributed by atoms with Gasteiger partial charge in [-0.25, -0.2) is 0 Å². The van der Waals surface area contributed by atoms with E-state index in [1.165, 1.54) is 135 Å². The summed E-state index contributed by atoms with van der Waals surface area (Å²) in [5.41, 5.74) is 0. The largest absolute Gasteiger partial charge is 0.347 e. The highest BCUT2D eigenvalue weighted by molar-refractivity contribution is 9.09. The zero-order valence-corrected chi connectivity index (χ0v) is 29.6. The maximum absolute atomic E-state index is 6.45. The van der Waals surface area contributed by atoms with Crippen LogP contribution in [-0.4, -0.2) is 23.8 Å². The van der Waals surface area contributed by atoms with Crippen LogP contribution in [0.3, 0.4) is 0 Å². The first-order chi connectivity index (χ1) is 20.8. The number of hydrogen-bond acceptors (Lipinski definition) is 2. The number of unbranched alkanes of at least 4 members (excludes halogenated alkanes) is 17. The van der Waals surface area contributed by atoms with Crippen LogP contribution in [0.1, 0.15) is 174 Å². The van der Waals surface area contributed by atoms with Gasteiger partial charge in [-0.2, -0.15) is 0 Å². The third-order valence-electron chi connectivity index (χ3n) is 8.35. The Balaban J connectivity index is 2.05. The molecule has 2 unspecified atom stereocenters. The van der Waals surface area contributed by atoms with E-state index in [2.05, 4.69) is 78.4 Å². The van der Waals surface area contributed by atoms with Gasteiger partial charge < -0.3 is 9.47 Å². The van der Waals surface area contributed by atoms with Crippen molar-refractivity contribution < 1.29 is 9.47 Å². The van der Waals surface area contributed by atoms with Crippen molar-refractivity contribution in [2.45, 2.75) is 186 Å². The second-order valence-corrected chi connectivity index (χ2v) is 13.1. The summed E-state index contributed by atoms with van der Waals surface area (Å²) < 4.78 is 12.8. The topological polar surface area (TPSA) is 18.5 Å². The highest BCUT2D eigenvalue weighted by Crippen LogP contribution is 2.35. The van der Waals surface area contributed by atoms with Crippen LogP contribution in [0.2, 0.25) is 0 Å². The normalized spacial score (nSPS) is 19.5. The molecule has 2 nitrogen and oxygen atoms in total. The molecule has 1 aliphatic rings. The minimum absolute atomic E-state index is 0.215. The lowest BCUT2D eigenvalue weighted by Crippen LogP contribution is -2.31. The second kappa shape index (κ2) is 30.4. The van der Waals surface area contributed by atoms with Crippen LogP contribution in [0.25, 0.3) is 0 Å². The standard InChI is InChI=1S/C39H69BrO2/c1-3-5-7-9-11-13-15-17-19-21-23-25-27-29-31-33-35-39(41-37-38(36-40)42-39)34-32-30-28-26-24-22-20-18-16-14-12-10-8-6-4-2/h11-14,17-20,38H,3-10,15-16,21-37H2,1-2H3. The summed E-state index contributed by atoms with van der Waals surface area (Å²) in [5, 5.41) is 0.876. The van der Waals surface area contributed by atoms with Crippen molar-refractivity contribution in [3.05, 3.63) is 48.6 Å². The van der Waals surface area contributed by atoms with Crippen LogP contribution >= 0.6 is 15.9 Å². The zero-order chi connectivity index (χ0) is 30.2. The van der Waals surface area contributed by atoms with Gasteiger partial charge in [0.2, 0.25) is 0 Å². The van der Waals surface area contributed by atoms with Crippen molar-refractivity contribution in [1.82, 2.24) is 0 Å². The molecule has 0 aromatic heterocycles. The van der Waals surface area contributed by atoms with Crippen LogP contribution in [-0.2, 0) is 9.47 Å². The highest BCUT2D eigenvalue weighted by Gasteiger charge is 2.39. The Morgan fingerprint density at radius 2 is 0.905 bits per heavy atom. The van der Waals surface area contributed by atoms with Crippen molar-refractivity contribution in [1.29, 1.82) is 0 Å². The second-order valence-electron chi connectivity index (χ2n) is 12.4. The molecule has 0 aliphatic carbocycles.